The Kier molecular flexibility index (Phi) is 33.3. The first-order valence-electron chi connectivity index (χ1n) is 10.3. The Morgan fingerprint density at radius 1 is 1.06 bits per heavy atom. The zero-order valence-electron chi connectivity index (χ0n) is 20.4. The minimum atomic E-state index is -3.37. The lowest BCUT2D eigenvalue weighted by molar-refractivity contribution is -0.402. The highest BCUT2D eigenvalue weighted by Gasteiger charge is 2.35. The molecule has 0 aromatic carbocycles. The molecule has 0 saturated heterocycles. The van der Waals surface area contributed by atoms with E-state index < -0.39 is 12.6 Å². The fourth-order valence-corrected chi connectivity index (χ4v) is 4.62. The van der Waals surface area contributed by atoms with Crippen LogP contribution in [0.4, 0.5) is 5.88 Å². The normalized spacial score (nSPS) is 11.4. The molecule has 0 N–H and O–H groups in total. The second kappa shape index (κ2) is 27.2. The van der Waals surface area contributed by atoms with Gasteiger partial charge in [0.2, 0.25) is 0 Å². The van der Waals surface area contributed by atoms with Gasteiger partial charge in [-0.05, 0) is 13.1 Å². The largest absolute Gasteiger partial charge is 0.433 e. The summed E-state index contributed by atoms with van der Waals surface area (Å²) in [5.41, 5.74) is 0. The molecular formula is C19H40Cl4N3O5P. The minimum Gasteiger partial charge on any atom is -0.403 e. The molecule has 0 aliphatic carbocycles. The number of alkyl halides is 4. The first-order valence-corrected chi connectivity index (χ1v) is 14.2. The summed E-state index contributed by atoms with van der Waals surface area (Å²) in [7, 11) is -1.70. The summed E-state index contributed by atoms with van der Waals surface area (Å²) in [4.78, 5) is 9.97. The molecule has 1 unspecified atom stereocenters. The molecule has 1 heterocycles. The molecular weight excluding hydrogens is 523 g/mol. The van der Waals surface area contributed by atoms with Crippen LogP contribution in [0.5, 0.6) is 0 Å². The number of hydrogen-bond acceptors (Lipinski definition) is 5. The quantitative estimate of drug-likeness (QED) is 0.118. The summed E-state index contributed by atoms with van der Waals surface area (Å²) in [6.45, 7) is 12.7. The van der Waals surface area contributed by atoms with Crippen LogP contribution in [-0.2, 0) is 15.7 Å². The minimum absolute atomic E-state index is 0.156. The first-order chi connectivity index (χ1) is 15.3. The first kappa shape index (κ1) is 39.2. The van der Waals surface area contributed by atoms with Crippen molar-refractivity contribution in [1.29, 1.82) is 0 Å². The van der Waals surface area contributed by atoms with Crippen molar-refractivity contribution < 1.29 is 18.4 Å². The average Bonchev–Trinajstić information content (AvgIpc) is 3.31. The molecule has 1 rings (SSSR count). The maximum Gasteiger partial charge on any atom is 0.433 e. The third-order valence-electron chi connectivity index (χ3n) is 3.13. The molecule has 1 aromatic heterocycles. The van der Waals surface area contributed by atoms with E-state index in [4.69, 9.17) is 43.7 Å². The molecule has 8 nitrogen and oxygen atoms in total. The second-order valence-corrected chi connectivity index (χ2v) is 8.61. The number of rotatable bonds is 11. The summed E-state index contributed by atoms with van der Waals surface area (Å²) in [5, 5.41) is 10.6. The molecule has 0 spiro atoms. The van der Waals surface area contributed by atoms with Gasteiger partial charge in [-0.3, -0.25) is 19.2 Å². The molecule has 0 amide bonds. The van der Waals surface area contributed by atoms with E-state index in [1.54, 1.807) is 16.4 Å². The Bertz CT molecular complexity index is 577. The van der Waals surface area contributed by atoms with Crippen molar-refractivity contribution in [2.75, 3.05) is 50.7 Å². The van der Waals surface area contributed by atoms with E-state index in [9.17, 15) is 14.7 Å². The van der Waals surface area contributed by atoms with Gasteiger partial charge in [-0.15, -0.1) is 46.4 Å². The lowest BCUT2D eigenvalue weighted by Gasteiger charge is -2.35. The predicted molar refractivity (Wildman–Crippen MR) is 140 cm³/mol. The van der Waals surface area contributed by atoms with E-state index in [0.717, 1.165) is 5.88 Å². The molecule has 0 aliphatic heterocycles. The lowest BCUT2D eigenvalue weighted by Crippen LogP contribution is -2.33. The molecule has 0 bridgehead atoms. The Labute approximate surface area is 214 Å². The summed E-state index contributed by atoms with van der Waals surface area (Å²) >= 11 is 21.2. The van der Waals surface area contributed by atoms with Crippen LogP contribution >= 0.6 is 54.1 Å². The van der Waals surface area contributed by atoms with Gasteiger partial charge < -0.3 is 4.42 Å². The van der Waals surface area contributed by atoms with Crippen molar-refractivity contribution >= 4 is 60.0 Å². The van der Waals surface area contributed by atoms with Gasteiger partial charge in [0, 0.05) is 43.7 Å². The maximum atomic E-state index is 13.3. The van der Waals surface area contributed by atoms with Crippen LogP contribution in [0.15, 0.2) is 16.5 Å². The van der Waals surface area contributed by atoms with Crippen LogP contribution < -0.4 is 0 Å². The van der Waals surface area contributed by atoms with E-state index >= 15 is 0 Å². The van der Waals surface area contributed by atoms with E-state index in [1.807, 2.05) is 41.5 Å². The standard InChI is InChI=1S/C12H20Cl2N3O5P.C2H5Cl.2C2H6.CH3Cl/c1-3-15(2)23(20,16(8-6-13)9-7-14)21-10-11-4-5-12(22-11)17(18)19;1-2-3;3*1-2/h4-5H,3,6-10H2,1-2H3;2H2,1H3;2*1-2H3;1H3. The van der Waals surface area contributed by atoms with Crippen LogP contribution in [-0.4, -0.2) is 65.0 Å². The van der Waals surface area contributed by atoms with Crippen molar-refractivity contribution in [1.82, 2.24) is 9.34 Å². The second-order valence-electron chi connectivity index (χ2n) is 4.83. The van der Waals surface area contributed by atoms with E-state index in [0.29, 0.717) is 19.6 Å². The molecule has 1 aromatic rings. The van der Waals surface area contributed by atoms with Crippen LogP contribution in [0.2, 0.25) is 0 Å². The van der Waals surface area contributed by atoms with Crippen molar-refractivity contribution in [2.45, 2.75) is 48.1 Å². The summed E-state index contributed by atoms with van der Waals surface area (Å²) in [6, 6.07) is 2.64. The highest BCUT2D eigenvalue weighted by molar-refractivity contribution is 7.53. The van der Waals surface area contributed by atoms with Gasteiger partial charge in [0.05, 0.1) is 6.07 Å². The van der Waals surface area contributed by atoms with Gasteiger partial charge in [-0.25, -0.2) is 9.34 Å². The molecule has 13 heteroatoms. The fourth-order valence-electron chi connectivity index (χ4n) is 1.82. The number of halogens is 4. The lowest BCUT2D eigenvalue weighted by atomic mass is 10.5. The predicted octanol–water partition coefficient (Wildman–Crippen LogP) is 7.70. The Morgan fingerprint density at radius 3 is 1.81 bits per heavy atom. The molecule has 0 radical (unpaired) electrons. The molecule has 1 atom stereocenters. The SMILES string of the molecule is CC.CC.CCCl.CCN(C)P(=O)(OCc1ccc([N+](=O)[O-])o1)N(CCCl)CCCl.CCl. The summed E-state index contributed by atoms with van der Waals surface area (Å²) < 4.78 is 27.1. The fraction of sp³-hybridized carbons (Fsp3) is 0.789. The monoisotopic (exact) mass is 561 g/mol. The molecule has 0 saturated carbocycles. The third kappa shape index (κ3) is 16.5. The van der Waals surface area contributed by atoms with Crippen molar-refractivity contribution in [3.05, 3.63) is 28.0 Å². The maximum absolute atomic E-state index is 13.3. The van der Waals surface area contributed by atoms with Crippen LogP contribution in [0, 0.1) is 10.1 Å². The zero-order chi connectivity index (χ0) is 26.2. The average molecular weight is 563 g/mol. The third-order valence-corrected chi connectivity index (χ3v) is 6.20. The summed E-state index contributed by atoms with van der Waals surface area (Å²) in [5.74, 6) is 1.10. The van der Waals surface area contributed by atoms with Crippen molar-refractivity contribution in [3.8, 4) is 0 Å². The number of nitrogens with zero attached hydrogens (tertiary/aromatic N) is 3. The van der Waals surface area contributed by atoms with Gasteiger partial charge in [0.15, 0.2) is 0 Å². The molecule has 32 heavy (non-hydrogen) atoms. The number of furan rings is 1. The molecule has 0 aliphatic rings. The van der Waals surface area contributed by atoms with Crippen LogP contribution in [0.3, 0.4) is 0 Å². The Morgan fingerprint density at radius 2 is 1.50 bits per heavy atom. The van der Waals surface area contributed by atoms with E-state index in [-0.39, 0.29) is 30.0 Å². The molecule has 194 valence electrons. The van der Waals surface area contributed by atoms with E-state index in [1.165, 1.54) is 18.5 Å². The van der Waals surface area contributed by atoms with Gasteiger partial charge >= 0.3 is 13.6 Å². The van der Waals surface area contributed by atoms with Crippen LogP contribution in [0.1, 0.15) is 47.3 Å². The van der Waals surface area contributed by atoms with Gasteiger partial charge in [-0.2, -0.15) is 0 Å². The summed E-state index contributed by atoms with van der Waals surface area (Å²) in [6.07, 6.45) is 1.47. The highest BCUT2D eigenvalue weighted by Crippen LogP contribution is 2.53. The molecule has 0 fully saturated rings. The van der Waals surface area contributed by atoms with Gasteiger partial charge in [0.25, 0.3) is 0 Å². The van der Waals surface area contributed by atoms with Crippen molar-refractivity contribution in [2.24, 2.45) is 0 Å². The topological polar surface area (TPSA) is 89.1 Å². The van der Waals surface area contributed by atoms with Gasteiger partial charge in [0.1, 0.15) is 17.3 Å². The Balaban J connectivity index is -0.000000381. The smallest absolute Gasteiger partial charge is 0.403 e. The number of nitro groups is 1. The Hall–Kier alpha value is -0.0500. The zero-order valence-corrected chi connectivity index (χ0v) is 24.4. The van der Waals surface area contributed by atoms with Crippen molar-refractivity contribution in [3.63, 3.8) is 0 Å². The van der Waals surface area contributed by atoms with E-state index in [2.05, 4.69) is 11.6 Å². The van der Waals surface area contributed by atoms with Crippen LogP contribution in [0.25, 0.3) is 0 Å². The van der Waals surface area contributed by atoms with Gasteiger partial charge in [-0.1, -0.05) is 41.5 Å². The highest BCUT2D eigenvalue weighted by atomic mass is 35.5. The number of hydrogen-bond donors (Lipinski definition) is 0.